The normalized spacial score (nSPS) is 12.1. The molecular weight excluding hydrogens is 211 g/mol. The van der Waals surface area contributed by atoms with Crippen LogP contribution in [0.4, 0.5) is 0 Å². The second-order valence-corrected chi connectivity index (χ2v) is 3.56. The van der Waals surface area contributed by atoms with E-state index in [4.69, 9.17) is 10.0 Å². The highest BCUT2D eigenvalue weighted by Crippen LogP contribution is 2.12. The lowest BCUT2D eigenvalue weighted by Crippen LogP contribution is -2.32. The van der Waals surface area contributed by atoms with Crippen LogP contribution in [0.3, 0.4) is 0 Å². The number of carbonyl (C=O) groups is 1. The molecule has 7 heteroatoms. The smallest absolute Gasteiger partial charge is 0.423 e. The second kappa shape index (κ2) is 5.06. The zero-order valence-corrected chi connectivity index (χ0v) is 9.03. The van der Waals surface area contributed by atoms with Gasteiger partial charge in [-0.3, -0.25) is 9.78 Å². The van der Waals surface area contributed by atoms with Crippen molar-refractivity contribution in [3.63, 3.8) is 0 Å². The summed E-state index contributed by atoms with van der Waals surface area (Å²) in [5.74, 6) is -0.494. The average molecular weight is 224 g/mol. The number of nitrogens with zero attached hydrogens (tertiary/aromatic N) is 2. The van der Waals surface area contributed by atoms with E-state index in [1.165, 1.54) is 37.5 Å². The van der Waals surface area contributed by atoms with Crippen LogP contribution in [-0.2, 0) is 4.79 Å². The Morgan fingerprint density at radius 3 is 2.56 bits per heavy atom. The maximum absolute atomic E-state index is 11.4. The molecule has 0 aliphatic heterocycles. The van der Waals surface area contributed by atoms with Crippen molar-refractivity contribution in [1.82, 2.24) is 9.88 Å². The van der Waals surface area contributed by atoms with Gasteiger partial charge < -0.3 is 20.1 Å². The SMILES string of the molecule is CN(C)C(=O)C(O)c1cncc(B(O)O)c1. The Bertz CT molecular complexity index is 384. The largest absolute Gasteiger partial charge is 0.490 e. The van der Waals surface area contributed by atoms with Gasteiger partial charge in [-0.05, 0) is 0 Å². The lowest BCUT2D eigenvalue weighted by atomic mass is 9.80. The molecule has 0 spiro atoms. The standard InChI is InChI=1S/C9H13BN2O4/c1-12(2)9(14)8(13)6-3-7(10(15)16)5-11-4-6/h3-5,8,13,15-16H,1-2H3. The van der Waals surface area contributed by atoms with E-state index in [0.717, 1.165) is 0 Å². The number of aliphatic hydroxyl groups excluding tert-OH is 1. The summed E-state index contributed by atoms with van der Waals surface area (Å²) in [6, 6.07) is 1.32. The van der Waals surface area contributed by atoms with E-state index < -0.39 is 19.1 Å². The summed E-state index contributed by atoms with van der Waals surface area (Å²) >= 11 is 0. The second-order valence-electron chi connectivity index (χ2n) is 3.56. The highest BCUT2D eigenvalue weighted by atomic mass is 16.4. The number of aliphatic hydroxyl groups is 1. The van der Waals surface area contributed by atoms with Crippen LogP contribution in [0, 0.1) is 0 Å². The van der Waals surface area contributed by atoms with Gasteiger partial charge >= 0.3 is 7.12 Å². The minimum atomic E-state index is -1.67. The van der Waals surface area contributed by atoms with Crippen molar-refractivity contribution in [3.8, 4) is 0 Å². The first-order valence-electron chi connectivity index (χ1n) is 4.63. The molecule has 1 amide bonds. The van der Waals surface area contributed by atoms with Crippen molar-refractivity contribution < 1.29 is 19.9 Å². The maximum Gasteiger partial charge on any atom is 0.490 e. The molecule has 1 aromatic heterocycles. The first-order valence-corrected chi connectivity index (χ1v) is 4.63. The summed E-state index contributed by atoms with van der Waals surface area (Å²) in [6.07, 6.45) is 1.21. The van der Waals surface area contributed by atoms with E-state index in [0.29, 0.717) is 0 Å². The third-order valence-electron chi connectivity index (χ3n) is 2.07. The predicted octanol–water partition coefficient (Wildman–Crippen LogP) is -2.12. The highest BCUT2D eigenvalue weighted by Gasteiger charge is 2.21. The summed E-state index contributed by atoms with van der Waals surface area (Å²) in [5.41, 5.74) is 0.354. The Labute approximate surface area is 93.3 Å². The first-order chi connectivity index (χ1) is 7.43. The van der Waals surface area contributed by atoms with Gasteiger partial charge in [-0.25, -0.2) is 0 Å². The number of pyridine rings is 1. The molecular formula is C9H13BN2O4. The molecule has 0 fully saturated rings. The number of carbonyl (C=O) groups excluding carboxylic acids is 1. The first kappa shape index (κ1) is 12.6. The fourth-order valence-electron chi connectivity index (χ4n) is 1.15. The van der Waals surface area contributed by atoms with Crippen LogP contribution in [0.2, 0.25) is 0 Å². The summed E-state index contributed by atoms with van der Waals surface area (Å²) in [7, 11) is 1.36. The number of hydrogen-bond acceptors (Lipinski definition) is 5. The minimum Gasteiger partial charge on any atom is -0.423 e. The Hall–Kier alpha value is -1.44. The number of amides is 1. The van der Waals surface area contributed by atoms with Crippen molar-refractivity contribution in [2.75, 3.05) is 14.1 Å². The molecule has 1 heterocycles. The molecule has 0 saturated carbocycles. The summed E-state index contributed by atoms with van der Waals surface area (Å²) in [5, 5.41) is 27.5. The molecule has 0 bridgehead atoms. The van der Waals surface area contributed by atoms with E-state index in [1.807, 2.05) is 0 Å². The molecule has 1 rings (SSSR count). The van der Waals surface area contributed by atoms with Crippen molar-refractivity contribution in [2.24, 2.45) is 0 Å². The van der Waals surface area contributed by atoms with Gasteiger partial charge in [-0.1, -0.05) is 6.07 Å². The molecule has 3 N–H and O–H groups in total. The van der Waals surface area contributed by atoms with Gasteiger partial charge in [0.2, 0.25) is 0 Å². The monoisotopic (exact) mass is 224 g/mol. The Morgan fingerprint density at radius 2 is 2.06 bits per heavy atom. The molecule has 0 radical (unpaired) electrons. The minimum absolute atomic E-state index is 0.128. The number of aromatic nitrogens is 1. The van der Waals surface area contributed by atoms with Gasteiger partial charge in [0, 0.05) is 37.5 Å². The highest BCUT2D eigenvalue weighted by molar-refractivity contribution is 6.58. The van der Waals surface area contributed by atoms with Crippen molar-refractivity contribution in [2.45, 2.75) is 6.10 Å². The van der Waals surface area contributed by atoms with E-state index in [9.17, 15) is 9.90 Å². The predicted molar refractivity (Wildman–Crippen MR) is 57.7 cm³/mol. The lowest BCUT2D eigenvalue weighted by Gasteiger charge is -2.16. The summed E-state index contributed by atoms with van der Waals surface area (Å²) < 4.78 is 0. The quantitative estimate of drug-likeness (QED) is 0.510. The van der Waals surface area contributed by atoms with Crippen LogP contribution < -0.4 is 5.46 Å². The molecule has 0 saturated heterocycles. The van der Waals surface area contributed by atoms with E-state index in [-0.39, 0.29) is 11.0 Å². The van der Waals surface area contributed by atoms with Crippen LogP contribution in [0.1, 0.15) is 11.7 Å². The van der Waals surface area contributed by atoms with Gasteiger partial charge in [0.15, 0.2) is 6.10 Å². The van der Waals surface area contributed by atoms with Crippen molar-refractivity contribution in [1.29, 1.82) is 0 Å². The Kier molecular flexibility index (Phi) is 4.00. The van der Waals surface area contributed by atoms with Crippen LogP contribution in [-0.4, -0.2) is 52.2 Å². The maximum atomic E-state index is 11.4. The van der Waals surface area contributed by atoms with Crippen molar-refractivity contribution in [3.05, 3.63) is 24.0 Å². The fraction of sp³-hybridized carbons (Fsp3) is 0.333. The van der Waals surface area contributed by atoms with Crippen molar-refractivity contribution >= 4 is 18.5 Å². The van der Waals surface area contributed by atoms with Gasteiger partial charge in [0.25, 0.3) is 5.91 Å². The molecule has 86 valence electrons. The zero-order valence-electron chi connectivity index (χ0n) is 9.03. The summed E-state index contributed by atoms with van der Waals surface area (Å²) in [6.45, 7) is 0. The topological polar surface area (TPSA) is 93.9 Å². The van der Waals surface area contributed by atoms with Gasteiger partial charge in [0.05, 0.1) is 0 Å². The zero-order chi connectivity index (χ0) is 12.3. The third kappa shape index (κ3) is 2.78. The van der Waals surface area contributed by atoms with Gasteiger partial charge in [0.1, 0.15) is 0 Å². The third-order valence-corrected chi connectivity index (χ3v) is 2.07. The van der Waals surface area contributed by atoms with Crippen LogP contribution in [0.5, 0.6) is 0 Å². The van der Waals surface area contributed by atoms with Crippen LogP contribution in [0.15, 0.2) is 18.5 Å². The number of likely N-dealkylation sites (N-methyl/N-ethyl adjacent to an activating group) is 1. The van der Waals surface area contributed by atoms with E-state index >= 15 is 0 Å². The lowest BCUT2D eigenvalue weighted by molar-refractivity contribution is -0.137. The Morgan fingerprint density at radius 1 is 1.44 bits per heavy atom. The number of rotatable bonds is 3. The van der Waals surface area contributed by atoms with Crippen LogP contribution in [0.25, 0.3) is 0 Å². The van der Waals surface area contributed by atoms with Gasteiger partial charge in [-0.2, -0.15) is 0 Å². The van der Waals surface area contributed by atoms with Crippen LogP contribution >= 0.6 is 0 Å². The fourth-order valence-corrected chi connectivity index (χ4v) is 1.15. The molecule has 1 unspecified atom stereocenters. The molecule has 1 atom stereocenters. The summed E-state index contributed by atoms with van der Waals surface area (Å²) in [4.78, 5) is 16.4. The molecule has 16 heavy (non-hydrogen) atoms. The van der Waals surface area contributed by atoms with E-state index in [1.54, 1.807) is 0 Å². The average Bonchev–Trinajstić information content (AvgIpc) is 2.27. The molecule has 0 aromatic carbocycles. The van der Waals surface area contributed by atoms with Gasteiger partial charge in [-0.15, -0.1) is 0 Å². The molecule has 6 nitrogen and oxygen atoms in total. The molecule has 0 aliphatic rings. The Balaban J connectivity index is 2.96. The number of hydrogen-bond donors (Lipinski definition) is 3. The molecule has 0 aliphatic carbocycles. The van der Waals surface area contributed by atoms with E-state index in [2.05, 4.69) is 4.98 Å². The molecule has 1 aromatic rings.